The SMILES string of the molecule is O=C1[C@@H]2[C@@H](c3cccc(I)c3)OC3(C(=O)c4ccccc4C3=O)[C@@H]2C(=O)N1c1ccc(Br)cc1. The normalized spacial score (nSPS) is 24.8. The molecule has 8 heteroatoms. The molecule has 2 fully saturated rings. The number of carbonyl (C=O) groups excluding carboxylic acids is 4. The first kappa shape index (κ1) is 21.8. The highest BCUT2D eigenvalue weighted by atomic mass is 127. The predicted molar refractivity (Wildman–Crippen MR) is 134 cm³/mol. The van der Waals surface area contributed by atoms with Gasteiger partial charge in [0.25, 0.3) is 0 Å². The van der Waals surface area contributed by atoms with Gasteiger partial charge in [0.2, 0.25) is 29.0 Å². The lowest BCUT2D eigenvalue weighted by molar-refractivity contribution is -0.127. The molecule has 1 aliphatic carbocycles. The van der Waals surface area contributed by atoms with Crippen molar-refractivity contribution in [1.29, 1.82) is 0 Å². The average Bonchev–Trinajstić information content (AvgIpc) is 3.40. The van der Waals surface area contributed by atoms with E-state index in [9.17, 15) is 19.2 Å². The number of ketones is 2. The van der Waals surface area contributed by atoms with Gasteiger partial charge in [0, 0.05) is 19.2 Å². The summed E-state index contributed by atoms with van der Waals surface area (Å²) in [6, 6.07) is 20.6. The molecule has 0 unspecified atom stereocenters. The van der Waals surface area contributed by atoms with Crippen LogP contribution in [0.1, 0.15) is 32.4 Å². The van der Waals surface area contributed by atoms with Crippen LogP contribution in [-0.4, -0.2) is 29.0 Å². The van der Waals surface area contributed by atoms with E-state index in [4.69, 9.17) is 4.74 Å². The average molecular weight is 628 g/mol. The number of rotatable bonds is 2. The number of hydrogen-bond acceptors (Lipinski definition) is 5. The van der Waals surface area contributed by atoms with Gasteiger partial charge in [0.05, 0.1) is 23.6 Å². The minimum Gasteiger partial charge on any atom is -0.349 e. The molecule has 3 aromatic carbocycles. The van der Waals surface area contributed by atoms with Crippen molar-refractivity contribution >= 4 is 67.6 Å². The molecule has 2 amide bonds. The molecule has 1 spiro atoms. The van der Waals surface area contributed by atoms with Gasteiger partial charge in [0.15, 0.2) is 0 Å². The zero-order valence-electron chi connectivity index (χ0n) is 17.4. The van der Waals surface area contributed by atoms with Crippen LogP contribution in [0.25, 0.3) is 0 Å². The third-order valence-electron chi connectivity index (χ3n) is 6.78. The maximum Gasteiger partial charge on any atom is 0.241 e. The van der Waals surface area contributed by atoms with Crippen LogP contribution in [0.15, 0.2) is 77.3 Å². The maximum atomic E-state index is 13.8. The summed E-state index contributed by atoms with van der Waals surface area (Å²) in [6.45, 7) is 0. The van der Waals surface area contributed by atoms with Crippen LogP contribution in [0.4, 0.5) is 5.69 Å². The van der Waals surface area contributed by atoms with Gasteiger partial charge in [0.1, 0.15) is 0 Å². The Balaban J connectivity index is 1.55. The van der Waals surface area contributed by atoms with Gasteiger partial charge in [-0.3, -0.25) is 19.2 Å². The van der Waals surface area contributed by atoms with Crippen molar-refractivity contribution in [3.63, 3.8) is 0 Å². The Hall–Kier alpha value is -2.69. The summed E-state index contributed by atoms with van der Waals surface area (Å²) in [6.07, 6.45) is -0.918. The van der Waals surface area contributed by atoms with Crippen LogP contribution in [0.2, 0.25) is 0 Å². The monoisotopic (exact) mass is 627 g/mol. The molecule has 3 aromatic rings. The fourth-order valence-corrected chi connectivity index (χ4v) is 6.18. The van der Waals surface area contributed by atoms with Gasteiger partial charge >= 0.3 is 0 Å². The van der Waals surface area contributed by atoms with Crippen LogP contribution < -0.4 is 4.90 Å². The van der Waals surface area contributed by atoms with E-state index >= 15 is 0 Å². The number of Topliss-reactive ketones (excluding diaryl/α,β-unsaturated/α-hetero) is 2. The molecule has 2 aliphatic heterocycles. The third kappa shape index (κ3) is 2.82. The number of halogens is 2. The molecule has 6 nitrogen and oxygen atoms in total. The van der Waals surface area contributed by atoms with Crippen molar-refractivity contribution < 1.29 is 23.9 Å². The fourth-order valence-electron chi connectivity index (χ4n) is 5.35. The number of carbonyl (C=O) groups is 4. The first-order valence-electron chi connectivity index (χ1n) is 10.6. The molecule has 0 radical (unpaired) electrons. The van der Waals surface area contributed by atoms with E-state index < -0.39 is 46.9 Å². The Bertz CT molecular complexity index is 1380. The van der Waals surface area contributed by atoms with Gasteiger partial charge < -0.3 is 4.74 Å². The lowest BCUT2D eigenvalue weighted by atomic mass is 9.77. The van der Waals surface area contributed by atoms with Gasteiger partial charge in [-0.2, -0.15) is 0 Å². The quantitative estimate of drug-likeness (QED) is 0.233. The highest BCUT2D eigenvalue weighted by molar-refractivity contribution is 14.1. The van der Waals surface area contributed by atoms with Crippen molar-refractivity contribution in [3.8, 4) is 0 Å². The topological polar surface area (TPSA) is 80.8 Å². The van der Waals surface area contributed by atoms with E-state index in [1.165, 1.54) is 0 Å². The fraction of sp³-hybridized carbons (Fsp3) is 0.154. The highest BCUT2D eigenvalue weighted by Gasteiger charge is 2.74. The smallest absolute Gasteiger partial charge is 0.241 e. The summed E-state index contributed by atoms with van der Waals surface area (Å²) in [4.78, 5) is 56.1. The summed E-state index contributed by atoms with van der Waals surface area (Å²) in [5, 5.41) is 0. The number of hydrogen-bond donors (Lipinski definition) is 0. The Morgan fingerprint density at radius 3 is 2.09 bits per heavy atom. The van der Waals surface area contributed by atoms with Crippen molar-refractivity contribution in [3.05, 3.63) is 97.5 Å². The zero-order valence-corrected chi connectivity index (χ0v) is 21.1. The van der Waals surface area contributed by atoms with E-state index in [2.05, 4.69) is 38.5 Å². The second kappa shape index (κ2) is 7.66. The number of fused-ring (bicyclic) bond motifs is 3. The van der Waals surface area contributed by atoms with Gasteiger partial charge in [-0.25, -0.2) is 4.90 Å². The second-order valence-corrected chi connectivity index (χ2v) is 10.7. The van der Waals surface area contributed by atoms with Crippen molar-refractivity contribution in [2.24, 2.45) is 11.8 Å². The first-order chi connectivity index (χ1) is 16.3. The summed E-state index contributed by atoms with van der Waals surface area (Å²) in [5.41, 5.74) is -0.584. The Kier molecular flexibility index (Phi) is 4.91. The highest BCUT2D eigenvalue weighted by Crippen LogP contribution is 2.57. The molecule has 0 aromatic heterocycles. The maximum absolute atomic E-state index is 13.8. The molecule has 168 valence electrons. The van der Waals surface area contributed by atoms with E-state index in [0.29, 0.717) is 11.3 Å². The molecular formula is C26H15BrINO5. The molecule has 2 heterocycles. The summed E-state index contributed by atoms with van der Waals surface area (Å²) < 4.78 is 7.99. The Morgan fingerprint density at radius 1 is 0.824 bits per heavy atom. The number of ether oxygens (including phenoxy) is 1. The van der Waals surface area contributed by atoms with Crippen LogP contribution in [-0.2, 0) is 14.3 Å². The Labute approximate surface area is 216 Å². The van der Waals surface area contributed by atoms with E-state index in [1.54, 1.807) is 54.6 Å². The minimum absolute atomic E-state index is 0.219. The molecule has 6 rings (SSSR count). The lowest BCUT2D eigenvalue weighted by Crippen LogP contribution is -2.51. The van der Waals surface area contributed by atoms with E-state index in [-0.39, 0.29) is 11.1 Å². The van der Waals surface area contributed by atoms with E-state index in [0.717, 1.165) is 12.9 Å². The molecule has 3 atom stereocenters. The van der Waals surface area contributed by atoms with Crippen molar-refractivity contribution in [2.45, 2.75) is 11.7 Å². The summed E-state index contributed by atoms with van der Waals surface area (Å²) >= 11 is 5.51. The molecular weight excluding hydrogens is 613 g/mol. The van der Waals surface area contributed by atoms with Crippen molar-refractivity contribution in [2.75, 3.05) is 4.90 Å². The molecule has 0 bridgehead atoms. The van der Waals surface area contributed by atoms with E-state index in [1.807, 2.05) is 18.2 Å². The van der Waals surface area contributed by atoms with Gasteiger partial charge in [-0.1, -0.05) is 52.3 Å². The first-order valence-corrected chi connectivity index (χ1v) is 12.5. The summed E-state index contributed by atoms with van der Waals surface area (Å²) in [7, 11) is 0. The minimum atomic E-state index is -2.06. The van der Waals surface area contributed by atoms with Crippen LogP contribution in [0.5, 0.6) is 0 Å². The van der Waals surface area contributed by atoms with Crippen LogP contribution in [0, 0.1) is 15.4 Å². The number of anilines is 1. The van der Waals surface area contributed by atoms with Crippen molar-refractivity contribution in [1.82, 2.24) is 0 Å². The second-order valence-electron chi connectivity index (χ2n) is 8.52. The lowest BCUT2D eigenvalue weighted by Gasteiger charge is -2.27. The molecule has 0 saturated carbocycles. The van der Waals surface area contributed by atoms with Gasteiger partial charge in [-0.15, -0.1) is 0 Å². The predicted octanol–water partition coefficient (Wildman–Crippen LogP) is 4.75. The largest absolute Gasteiger partial charge is 0.349 e. The third-order valence-corrected chi connectivity index (χ3v) is 7.98. The molecule has 34 heavy (non-hydrogen) atoms. The van der Waals surface area contributed by atoms with Crippen LogP contribution in [0.3, 0.4) is 0 Å². The number of amides is 2. The molecule has 3 aliphatic rings. The summed E-state index contributed by atoms with van der Waals surface area (Å²) in [5.74, 6) is -4.45. The molecule has 0 N–H and O–H groups in total. The van der Waals surface area contributed by atoms with Crippen LogP contribution >= 0.6 is 38.5 Å². The van der Waals surface area contributed by atoms with Gasteiger partial charge in [-0.05, 0) is 64.6 Å². The number of benzene rings is 3. The standard InChI is InChI=1S/C26H15BrINO5/c27-14-8-10-16(11-9-14)29-24(32)19-20(25(29)33)26(34-21(19)13-4-3-5-15(28)12-13)22(30)17-6-1-2-7-18(17)23(26)31/h1-12,19-21H/t19-,20-,21+/m0/s1. The number of nitrogens with zero attached hydrogens (tertiary/aromatic N) is 1. The Morgan fingerprint density at radius 2 is 1.47 bits per heavy atom. The molecule has 2 saturated heterocycles. The zero-order chi connectivity index (χ0) is 23.8. The number of imide groups is 1.